The van der Waals surface area contributed by atoms with Crippen LogP contribution in [-0.2, 0) is 9.59 Å². The van der Waals surface area contributed by atoms with Crippen LogP contribution in [0.1, 0.15) is 54.2 Å². The van der Waals surface area contributed by atoms with E-state index in [1.165, 1.54) is 0 Å². The van der Waals surface area contributed by atoms with Crippen molar-refractivity contribution < 1.29 is 14.4 Å². The predicted octanol–water partition coefficient (Wildman–Crippen LogP) is 3.43. The van der Waals surface area contributed by atoms with Crippen molar-refractivity contribution in [3.05, 3.63) is 65.2 Å². The number of hydrogen-bond donors (Lipinski definition) is 0. The van der Waals surface area contributed by atoms with Crippen molar-refractivity contribution in [2.24, 2.45) is 0 Å². The molecule has 2 aromatic rings. The standard InChI is InChI=1S/C22H21N3O3/c1-3-24(15(2)17-9-7-16(14-23)8-10-17)22(28)18-5-4-6-19(13-18)25-20(26)11-12-21(25)27/h4-10,13,15H,3,11-12H2,1-2H3/t15-/m1/s1. The van der Waals surface area contributed by atoms with Crippen LogP contribution in [0.5, 0.6) is 0 Å². The van der Waals surface area contributed by atoms with Gasteiger partial charge in [-0.2, -0.15) is 5.26 Å². The number of amides is 3. The van der Waals surface area contributed by atoms with Crippen molar-refractivity contribution in [3.63, 3.8) is 0 Å². The molecule has 0 bridgehead atoms. The summed E-state index contributed by atoms with van der Waals surface area (Å²) in [5, 5.41) is 8.95. The Morgan fingerprint density at radius 2 is 1.79 bits per heavy atom. The smallest absolute Gasteiger partial charge is 0.254 e. The second kappa shape index (κ2) is 8.05. The molecule has 1 heterocycles. The Morgan fingerprint density at radius 1 is 1.14 bits per heavy atom. The van der Waals surface area contributed by atoms with E-state index in [2.05, 4.69) is 6.07 Å². The van der Waals surface area contributed by atoms with Crippen LogP contribution in [-0.4, -0.2) is 29.2 Å². The molecule has 142 valence electrons. The normalized spacial score (nSPS) is 14.7. The Labute approximate surface area is 164 Å². The molecule has 0 saturated carbocycles. The molecule has 0 N–H and O–H groups in total. The van der Waals surface area contributed by atoms with Crippen molar-refractivity contribution in [1.82, 2.24) is 4.90 Å². The maximum absolute atomic E-state index is 13.1. The van der Waals surface area contributed by atoms with E-state index >= 15 is 0 Å². The van der Waals surface area contributed by atoms with Crippen molar-refractivity contribution >= 4 is 23.4 Å². The summed E-state index contributed by atoms with van der Waals surface area (Å²) in [5.74, 6) is -0.666. The van der Waals surface area contributed by atoms with E-state index in [1.54, 1.807) is 41.3 Å². The van der Waals surface area contributed by atoms with Crippen LogP contribution in [0.25, 0.3) is 0 Å². The lowest BCUT2D eigenvalue weighted by atomic mass is 10.0. The SMILES string of the molecule is CCN(C(=O)c1cccc(N2C(=O)CCC2=O)c1)[C@H](C)c1ccc(C#N)cc1. The lowest BCUT2D eigenvalue weighted by Gasteiger charge is -2.29. The highest BCUT2D eigenvalue weighted by Gasteiger charge is 2.31. The van der Waals surface area contributed by atoms with Gasteiger partial charge in [-0.25, -0.2) is 0 Å². The van der Waals surface area contributed by atoms with Crippen molar-refractivity contribution in [2.45, 2.75) is 32.7 Å². The molecule has 0 radical (unpaired) electrons. The fourth-order valence-corrected chi connectivity index (χ4v) is 3.42. The van der Waals surface area contributed by atoms with E-state index in [9.17, 15) is 14.4 Å². The summed E-state index contributed by atoms with van der Waals surface area (Å²) in [4.78, 5) is 40.0. The average Bonchev–Trinajstić information content (AvgIpc) is 3.06. The first kappa shape index (κ1) is 19.3. The molecule has 1 saturated heterocycles. The molecule has 0 aliphatic carbocycles. The number of imide groups is 1. The number of nitriles is 1. The highest BCUT2D eigenvalue weighted by Crippen LogP contribution is 2.26. The van der Waals surface area contributed by atoms with Crippen LogP contribution in [0.3, 0.4) is 0 Å². The number of rotatable bonds is 5. The zero-order valence-corrected chi connectivity index (χ0v) is 15.9. The molecule has 3 rings (SSSR count). The molecule has 3 amide bonds. The van der Waals surface area contributed by atoms with Gasteiger partial charge in [0.2, 0.25) is 11.8 Å². The minimum Gasteiger partial charge on any atom is -0.332 e. The zero-order valence-electron chi connectivity index (χ0n) is 15.9. The molecule has 0 spiro atoms. The van der Waals surface area contributed by atoms with Crippen LogP contribution in [0.2, 0.25) is 0 Å². The number of carbonyl (C=O) groups is 3. The lowest BCUT2D eigenvalue weighted by molar-refractivity contribution is -0.121. The highest BCUT2D eigenvalue weighted by atomic mass is 16.2. The maximum atomic E-state index is 13.1. The molecule has 1 atom stereocenters. The van der Waals surface area contributed by atoms with E-state index in [4.69, 9.17) is 5.26 Å². The fraction of sp³-hybridized carbons (Fsp3) is 0.273. The monoisotopic (exact) mass is 375 g/mol. The van der Waals surface area contributed by atoms with Gasteiger partial charge in [0.1, 0.15) is 0 Å². The van der Waals surface area contributed by atoms with E-state index in [1.807, 2.05) is 26.0 Å². The molecule has 2 aromatic carbocycles. The first-order valence-corrected chi connectivity index (χ1v) is 9.23. The molecular weight excluding hydrogens is 354 g/mol. The van der Waals surface area contributed by atoms with Crippen LogP contribution in [0.15, 0.2) is 48.5 Å². The summed E-state index contributed by atoms with van der Waals surface area (Å²) < 4.78 is 0. The third kappa shape index (κ3) is 3.65. The minimum atomic E-state index is -0.243. The molecule has 28 heavy (non-hydrogen) atoms. The summed E-state index contributed by atoms with van der Waals surface area (Å²) in [7, 11) is 0. The van der Waals surface area contributed by atoms with Gasteiger partial charge in [0.15, 0.2) is 0 Å². The minimum absolute atomic E-state index is 0.180. The van der Waals surface area contributed by atoms with Crippen molar-refractivity contribution in [3.8, 4) is 6.07 Å². The summed E-state index contributed by atoms with van der Waals surface area (Å²) >= 11 is 0. The van der Waals surface area contributed by atoms with E-state index in [-0.39, 0.29) is 36.6 Å². The van der Waals surface area contributed by atoms with Gasteiger partial charge in [-0.15, -0.1) is 0 Å². The maximum Gasteiger partial charge on any atom is 0.254 e. The molecular formula is C22H21N3O3. The Balaban J connectivity index is 1.86. The number of carbonyl (C=O) groups excluding carboxylic acids is 3. The Hall–Kier alpha value is -3.46. The second-order valence-electron chi connectivity index (χ2n) is 6.67. The first-order chi connectivity index (χ1) is 13.5. The van der Waals surface area contributed by atoms with Crippen molar-refractivity contribution in [2.75, 3.05) is 11.4 Å². The summed E-state index contributed by atoms with van der Waals surface area (Å²) in [6.45, 7) is 4.32. The lowest BCUT2D eigenvalue weighted by Crippen LogP contribution is -2.34. The van der Waals surface area contributed by atoms with Crippen LogP contribution >= 0.6 is 0 Å². The largest absolute Gasteiger partial charge is 0.332 e. The van der Waals surface area contributed by atoms with Gasteiger partial charge >= 0.3 is 0 Å². The van der Waals surface area contributed by atoms with Gasteiger partial charge in [0, 0.05) is 24.9 Å². The van der Waals surface area contributed by atoms with E-state index in [0.717, 1.165) is 10.5 Å². The van der Waals surface area contributed by atoms with Gasteiger partial charge in [0.05, 0.1) is 23.4 Å². The molecule has 6 heteroatoms. The number of benzene rings is 2. The average molecular weight is 375 g/mol. The van der Waals surface area contributed by atoms with E-state index < -0.39 is 0 Å². The van der Waals surface area contributed by atoms with Crippen LogP contribution < -0.4 is 4.90 Å². The van der Waals surface area contributed by atoms with Crippen LogP contribution in [0.4, 0.5) is 5.69 Å². The molecule has 0 aromatic heterocycles. The van der Waals surface area contributed by atoms with E-state index in [0.29, 0.717) is 23.4 Å². The number of hydrogen-bond acceptors (Lipinski definition) is 4. The summed E-state index contributed by atoms with van der Waals surface area (Å²) in [6.07, 6.45) is 0.404. The second-order valence-corrected chi connectivity index (χ2v) is 6.67. The third-order valence-corrected chi connectivity index (χ3v) is 4.99. The van der Waals surface area contributed by atoms with Gasteiger partial charge < -0.3 is 4.90 Å². The van der Waals surface area contributed by atoms with Crippen LogP contribution in [0, 0.1) is 11.3 Å². The molecule has 1 aliphatic heterocycles. The fourth-order valence-electron chi connectivity index (χ4n) is 3.42. The Bertz CT molecular complexity index is 944. The van der Waals surface area contributed by atoms with Gasteiger partial charge in [0.25, 0.3) is 5.91 Å². The number of nitrogens with zero attached hydrogens (tertiary/aromatic N) is 3. The summed E-state index contributed by atoms with van der Waals surface area (Å²) in [5.41, 5.74) is 2.35. The first-order valence-electron chi connectivity index (χ1n) is 9.23. The zero-order chi connectivity index (χ0) is 20.3. The Morgan fingerprint density at radius 3 is 2.36 bits per heavy atom. The highest BCUT2D eigenvalue weighted by molar-refractivity contribution is 6.20. The third-order valence-electron chi connectivity index (χ3n) is 4.99. The van der Waals surface area contributed by atoms with Gasteiger partial charge in [-0.3, -0.25) is 19.3 Å². The summed E-state index contributed by atoms with van der Waals surface area (Å²) in [6, 6.07) is 15.7. The predicted molar refractivity (Wildman–Crippen MR) is 104 cm³/mol. The number of anilines is 1. The Kier molecular flexibility index (Phi) is 5.55. The van der Waals surface area contributed by atoms with Gasteiger partial charge in [-0.05, 0) is 49.7 Å². The molecule has 6 nitrogen and oxygen atoms in total. The molecule has 1 fully saturated rings. The van der Waals surface area contributed by atoms with Gasteiger partial charge in [-0.1, -0.05) is 18.2 Å². The molecule has 1 aliphatic rings. The quantitative estimate of drug-likeness (QED) is 0.750. The topological polar surface area (TPSA) is 81.5 Å². The van der Waals surface area contributed by atoms with Crippen molar-refractivity contribution in [1.29, 1.82) is 5.26 Å². The molecule has 0 unspecified atom stereocenters.